The zero-order valence-corrected chi connectivity index (χ0v) is 18.0. The van der Waals surface area contributed by atoms with Gasteiger partial charge in [-0.15, -0.1) is 0 Å². The van der Waals surface area contributed by atoms with Gasteiger partial charge >= 0.3 is 29.8 Å². The lowest BCUT2D eigenvalue weighted by molar-refractivity contribution is -0.199. The number of esters is 5. The fourth-order valence-electron chi connectivity index (χ4n) is 2.81. The molecule has 0 saturated carbocycles. The molecule has 0 saturated heterocycles. The molecular formula is C18H23N3O11. The molecule has 0 aliphatic carbocycles. The number of ether oxygens (including phenoxy) is 6. The highest BCUT2D eigenvalue weighted by Gasteiger charge is 2.49. The standard InChI is InChI=1S/C18H23N3O11/c1-8(22)28-7-14(29-9(2)23)16(31-11(4)25)17-15(30-10(3)24)12(20-21-19)6-13(32-17)18(26)27-5/h6,12,14-17H,7H2,1-5H3/t12-,14+,15+,16-,17+/m0/s1. The number of hydrogen-bond acceptors (Lipinski definition) is 12. The molecule has 32 heavy (non-hydrogen) atoms. The minimum absolute atomic E-state index is 0.440. The van der Waals surface area contributed by atoms with Crippen molar-refractivity contribution in [2.45, 2.75) is 58.2 Å². The predicted molar refractivity (Wildman–Crippen MR) is 101 cm³/mol. The van der Waals surface area contributed by atoms with Crippen LogP contribution < -0.4 is 0 Å². The molecule has 0 spiro atoms. The molecule has 0 radical (unpaired) electrons. The maximum Gasteiger partial charge on any atom is 0.372 e. The Labute approximate surface area is 182 Å². The van der Waals surface area contributed by atoms with E-state index in [1.165, 1.54) is 0 Å². The summed E-state index contributed by atoms with van der Waals surface area (Å²) in [7, 11) is 1.06. The molecule has 14 nitrogen and oxygen atoms in total. The Hall–Kier alpha value is -3.80. The van der Waals surface area contributed by atoms with Crippen LogP contribution in [-0.2, 0) is 52.4 Å². The van der Waals surface area contributed by atoms with E-state index < -0.39 is 72.7 Å². The highest BCUT2D eigenvalue weighted by Crippen LogP contribution is 2.30. The van der Waals surface area contributed by atoms with Crippen molar-refractivity contribution in [2.75, 3.05) is 13.7 Å². The van der Waals surface area contributed by atoms with E-state index in [0.717, 1.165) is 40.9 Å². The molecule has 1 heterocycles. The summed E-state index contributed by atoms with van der Waals surface area (Å²) in [4.78, 5) is 61.2. The Kier molecular flexibility index (Phi) is 9.96. The average Bonchev–Trinajstić information content (AvgIpc) is 2.69. The van der Waals surface area contributed by atoms with Gasteiger partial charge in [-0.25, -0.2) is 4.79 Å². The SMILES string of the molecule is COC(=O)C1=C[C@H](N=[N+]=[N-])[C@@H](OC(C)=O)[C@H]([C@@H](OC(C)=O)[C@@H](COC(C)=O)OC(C)=O)O1. The Balaban J connectivity index is 3.57. The van der Waals surface area contributed by atoms with Crippen LogP contribution in [0.1, 0.15) is 27.7 Å². The van der Waals surface area contributed by atoms with Crippen molar-refractivity contribution in [1.29, 1.82) is 0 Å². The van der Waals surface area contributed by atoms with Gasteiger partial charge in [-0.1, -0.05) is 5.11 Å². The molecule has 1 aliphatic rings. The second kappa shape index (κ2) is 12.2. The first-order valence-electron chi connectivity index (χ1n) is 9.16. The summed E-state index contributed by atoms with van der Waals surface area (Å²) in [5.41, 5.74) is 8.92. The summed E-state index contributed by atoms with van der Waals surface area (Å²) in [6.07, 6.45) is -4.89. The van der Waals surface area contributed by atoms with Gasteiger partial charge < -0.3 is 28.4 Å². The molecule has 176 valence electrons. The zero-order valence-electron chi connectivity index (χ0n) is 18.0. The van der Waals surface area contributed by atoms with E-state index >= 15 is 0 Å². The molecule has 0 amide bonds. The number of carbonyl (C=O) groups is 5. The van der Waals surface area contributed by atoms with Gasteiger partial charge in [0.1, 0.15) is 12.6 Å². The number of methoxy groups -OCH3 is 1. The van der Waals surface area contributed by atoms with Crippen LogP contribution in [0.15, 0.2) is 16.9 Å². The van der Waals surface area contributed by atoms with Gasteiger partial charge in [0.15, 0.2) is 24.4 Å². The van der Waals surface area contributed by atoms with Gasteiger partial charge in [0.2, 0.25) is 5.76 Å². The van der Waals surface area contributed by atoms with Crippen LogP contribution >= 0.6 is 0 Å². The van der Waals surface area contributed by atoms with Crippen molar-refractivity contribution in [1.82, 2.24) is 0 Å². The smallest absolute Gasteiger partial charge is 0.372 e. The number of hydrogen-bond donors (Lipinski definition) is 0. The van der Waals surface area contributed by atoms with Gasteiger partial charge in [-0.05, 0) is 11.6 Å². The van der Waals surface area contributed by atoms with Crippen LogP contribution in [0.2, 0.25) is 0 Å². The van der Waals surface area contributed by atoms with Crippen LogP contribution in [-0.4, -0.2) is 74.0 Å². The van der Waals surface area contributed by atoms with Crippen LogP contribution in [0, 0.1) is 0 Å². The van der Waals surface area contributed by atoms with Gasteiger partial charge in [0, 0.05) is 32.6 Å². The Morgan fingerprint density at radius 1 is 1.06 bits per heavy atom. The predicted octanol–water partition coefficient (Wildman–Crippen LogP) is 0.479. The second-order valence-electron chi connectivity index (χ2n) is 6.40. The molecular weight excluding hydrogens is 434 g/mol. The second-order valence-corrected chi connectivity index (χ2v) is 6.40. The van der Waals surface area contributed by atoms with Crippen molar-refractivity contribution in [3.63, 3.8) is 0 Å². The van der Waals surface area contributed by atoms with Crippen molar-refractivity contribution < 1.29 is 52.4 Å². The van der Waals surface area contributed by atoms with Crippen molar-refractivity contribution >= 4 is 29.8 Å². The van der Waals surface area contributed by atoms with Gasteiger partial charge in [0.05, 0.1) is 7.11 Å². The summed E-state index contributed by atoms with van der Waals surface area (Å²) >= 11 is 0. The molecule has 0 fully saturated rings. The molecule has 0 bridgehead atoms. The molecule has 0 aromatic heterocycles. The Morgan fingerprint density at radius 2 is 1.69 bits per heavy atom. The Morgan fingerprint density at radius 3 is 2.16 bits per heavy atom. The highest BCUT2D eigenvalue weighted by atomic mass is 16.6. The lowest BCUT2D eigenvalue weighted by Crippen LogP contribution is -2.56. The van der Waals surface area contributed by atoms with E-state index in [-0.39, 0.29) is 0 Å². The minimum Gasteiger partial charge on any atom is -0.475 e. The molecule has 0 unspecified atom stereocenters. The first-order chi connectivity index (χ1) is 15.0. The van der Waals surface area contributed by atoms with Crippen LogP contribution in [0.25, 0.3) is 10.4 Å². The lowest BCUT2D eigenvalue weighted by Gasteiger charge is -2.39. The van der Waals surface area contributed by atoms with Crippen LogP contribution in [0.4, 0.5) is 0 Å². The fraction of sp³-hybridized carbons (Fsp3) is 0.611. The lowest BCUT2D eigenvalue weighted by atomic mass is 9.94. The quantitative estimate of drug-likeness (QED) is 0.154. The highest BCUT2D eigenvalue weighted by molar-refractivity contribution is 5.86. The topological polar surface area (TPSA) is 189 Å². The molecule has 0 aromatic carbocycles. The Bertz CT molecular complexity index is 834. The molecule has 5 atom stereocenters. The first-order valence-corrected chi connectivity index (χ1v) is 9.16. The largest absolute Gasteiger partial charge is 0.475 e. The van der Waals surface area contributed by atoms with Crippen LogP contribution in [0.5, 0.6) is 0 Å². The third-order valence-corrected chi connectivity index (χ3v) is 3.88. The van der Waals surface area contributed by atoms with Gasteiger partial charge in [-0.2, -0.15) is 0 Å². The third-order valence-electron chi connectivity index (χ3n) is 3.88. The summed E-state index contributed by atoms with van der Waals surface area (Å²) in [5.74, 6) is -4.65. The number of rotatable bonds is 9. The third kappa shape index (κ3) is 7.80. The fourth-order valence-corrected chi connectivity index (χ4v) is 2.81. The molecule has 0 aromatic rings. The maximum absolute atomic E-state index is 12.1. The number of nitrogens with zero attached hydrogens (tertiary/aromatic N) is 3. The normalized spacial score (nSPS) is 21.3. The van der Waals surface area contributed by atoms with Gasteiger partial charge in [0.25, 0.3) is 0 Å². The van der Waals surface area contributed by atoms with E-state index in [1.807, 2.05) is 0 Å². The zero-order chi connectivity index (χ0) is 24.4. The van der Waals surface area contributed by atoms with Crippen molar-refractivity contribution in [3.05, 3.63) is 22.3 Å². The summed E-state index contributed by atoms with van der Waals surface area (Å²) < 4.78 is 30.7. The van der Waals surface area contributed by atoms with E-state index in [9.17, 15) is 24.0 Å². The average molecular weight is 457 g/mol. The minimum atomic E-state index is -1.56. The molecule has 14 heteroatoms. The summed E-state index contributed by atoms with van der Waals surface area (Å²) in [5, 5.41) is 3.50. The monoisotopic (exact) mass is 457 g/mol. The van der Waals surface area contributed by atoms with E-state index in [2.05, 4.69) is 14.8 Å². The molecule has 0 N–H and O–H groups in total. The summed E-state index contributed by atoms with van der Waals surface area (Å²) in [6.45, 7) is 3.69. The van der Waals surface area contributed by atoms with Crippen LogP contribution in [0.3, 0.4) is 0 Å². The van der Waals surface area contributed by atoms with E-state index in [0.29, 0.717) is 0 Å². The first kappa shape index (κ1) is 26.2. The van der Waals surface area contributed by atoms with Crippen molar-refractivity contribution in [3.8, 4) is 0 Å². The summed E-state index contributed by atoms with van der Waals surface area (Å²) in [6, 6.07) is -1.29. The van der Waals surface area contributed by atoms with E-state index in [1.54, 1.807) is 0 Å². The number of carbonyl (C=O) groups excluding carboxylic acids is 5. The maximum atomic E-state index is 12.1. The van der Waals surface area contributed by atoms with E-state index in [4.69, 9.17) is 29.2 Å². The van der Waals surface area contributed by atoms with Crippen molar-refractivity contribution in [2.24, 2.45) is 5.11 Å². The molecule has 1 aliphatic heterocycles. The van der Waals surface area contributed by atoms with Gasteiger partial charge in [-0.3, -0.25) is 19.2 Å². The molecule has 1 rings (SSSR count). The number of azide groups is 1.